The third-order valence-electron chi connectivity index (χ3n) is 5.79. The average molecular weight is 528 g/mol. The van der Waals surface area contributed by atoms with Crippen LogP contribution in [0.4, 0.5) is 0 Å². The molecule has 2 aliphatic heterocycles. The van der Waals surface area contributed by atoms with Gasteiger partial charge in [-0.25, -0.2) is 0 Å². The van der Waals surface area contributed by atoms with Gasteiger partial charge in [0, 0.05) is 25.7 Å². The van der Waals surface area contributed by atoms with Gasteiger partial charge in [-0.15, -0.1) is 0 Å². The van der Waals surface area contributed by atoms with Gasteiger partial charge in [-0.05, 0) is 24.3 Å². The summed E-state index contributed by atoms with van der Waals surface area (Å²) >= 11 is 1.19. The molecule has 194 valence electrons. The molecule has 2 amide bonds. The third kappa shape index (κ3) is 5.67. The average Bonchev–Trinajstić information content (AvgIpc) is 3.10. The number of carbonyl (C=O) groups is 5. The monoisotopic (exact) mass is 527 g/mol. The number of rotatable bonds is 7. The van der Waals surface area contributed by atoms with Gasteiger partial charge in [0.2, 0.25) is 0 Å². The summed E-state index contributed by atoms with van der Waals surface area (Å²) in [6, 6.07) is 14.2. The predicted octanol–water partition coefficient (Wildman–Crippen LogP) is 2.59. The van der Waals surface area contributed by atoms with Gasteiger partial charge >= 0.3 is 17.9 Å². The van der Waals surface area contributed by atoms with E-state index in [1.165, 1.54) is 37.7 Å². The Morgan fingerprint density at radius 1 is 0.811 bits per heavy atom. The van der Waals surface area contributed by atoms with Gasteiger partial charge in [-0.1, -0.05) is 42.1 Å². The highest BCUT2D eigenvalue weighted by atomic mass is 32.2. The van der Waals surface area contributed by atoms with Crippen molar-refractivity contribution in [3.63, 3.8) is 0 Å². The van der Waals surface area contributed by atoms with Crippen LogP contribution in [0.5, 0.6) is 0 Å². The van der Waals surface area contributed by atoms with Crippen LogP contribution in [0.2, 0.25) is 0 Å². The zero-order chi connectivity index (χ0) is 26.7. The standard InChI is InChI=1S/C26H25NO9S/c1-14(28)33-13-20-22(34-15(2)29)23(35-16(3)30)21(26(36-20)37-17-9-5-4-6-10-17)27-24(31)18-11-7-8-12-19(18)25(27)32/h4-12,20-23,26H,13H2,1-3H3/t20?,21?,22-,23-,26+/m1/s1. The van der Waals surface area contributed by atoms with Crippen molar-refractivity contribution in [1.29, 1.82) is 0 Å². The van der Waals surface area contributed by atoms with Crippen molar-refractivity contribution < 1.29 is 42.9 Å². The van der Waals surface area contributed by atoms with E-state index < -0.39 is 59.5 Å². The van der Waals surface area contributed by atoms with E-state index in [9.17, 15) is 24.0 Å². The van der Waals surface area contributed by atoms with Crippen LogP contribution in [-0.4, -0.2) is 71.0 Å². The minimum Gasteiger partial charge on any atom is -0.463 e. The number of nitrogens with zero attached hydrogens (tertiary/aromatic N) is 1. The van der Waals surface area contributed by atoms with Crippen molar-refractivity contribution in [1.82, 2.24) is 4.90 Å². The number of hydrogen-bond donors (Lipinski definition) is 0. The second kappa shape index (κ2) is 11.1. The van der Waals surface area contributed by atoms with Crippen LogP contribution < -0.4 is 0 Å². The van der Waals surface area contributed by atoms with Crippen LogP contribution >= 0.6 is 11.8 Å². The largest absolute Gasteiger partial charge is 0.463 e. The molecule has 11 heteroatoms. The fraction of sp³-hybridized carbons (Fsp3) is 0.346. The lowest BCUT2D eigenvalue weighted by atomic mass is 9.96. The van der Waals surface area contributed by atoms with Crippen molar-refractivity contribution >= 4 is 41.5 Å². The highest BCUT2D eigenvalue weighted by molar-refractivity contribution is 7.99. The molecule has 0 spiro atoms. The maximum Gasteiger partial charge on any atom is 0.303 e. The number of amides is 2. The molecule has 0 bridgehead atoms. The fourth-order valence-corrected chi connectivity index (χ4v) is 5.56. The van der Waals surface area contributed by atoms with Crippen molar-refractivity contribution in [3.05, 3.63) is 65.7 Å². The Balaban J connectivity index is 1.81. The molecule has 37 heavy (non-hydrogen) atoms. The van der Waals surface area contributed by atoms with E-state index >= 15 is 0 Å². The van der Waals surface area contributed by atoms with E-state index in [4.69, 9.17) is 18.9 Å². The quantitative estimate of drug-likeness (QED) is 0.301. The van der Waals surface area contributed by atoms with E-state index in [0.717, 1.165) is 16.7 Å². The van der Waals surface area contributed by atoms with Gasteiger partial charge in [-0.3, -0.25) is 28.9 Å². The molecule has 0 saturated carbocycles. The molecule has 0 radical (unpaired) electrons. The Labute approximate surface area is 217 Å². The van der Waals surface area contributed by atoms with E-state index in [0.29, 0.717) is 0 Å². The van der Waals surface area contributed by atoms with Crippen molar-refractivity contribution in [2.75, 3.05) is 6.61 Å². The number of hydrogen-bond acceptors (Lipinski definition) is 10. The molecule has 10 nitrogen and oxygen atoms in total. The molecule has 2 aromatic rings. The second-order valence-electron chi connectivity index (χ2n) is 8.44. The smallest absolute Gasteiger partial charge is 0.303 e. The molecule has 4 rings (SSSR count). The molecule has 2 aromatic carbocycles. The summed E-state index contributed by atoms with van der Waals surface area (Å²) in [6.45, 7) is 3.23. The summed E-state index contributed by atoms with van der Waals surface area (Å²) in [5.41, 5.74) is -0.575. The van der Waals surface area contributed by atoms with E-state index in [-0.39, 0.29) is 17.7 Å². The minimum absolute atomic E-state index is 0.198. The number of imide groups is 1. The molecule has 1 fully saturated rings. The summed E-state index contributed by atoms with van der Waals surface area (Å²) < 4.78 is 22.5. The third-order valence-corrected chi connectivity index (χ3v) is 6.96. The molecule has 0 N–H and O–H groups in total. The molecule has 0 aliphatic carbocycles. The Morgan fingerprint density at radius 2 is 1.35 bits per heavy atom. The summed E-state index contributed by atoms with van der Waals surface area (Å²) in [5.74, 6) is -3.21. The molecule has 2 aliphatic rings. The predicted molar refractivity (Wildman–Crippen MR) is 129 cm³/mol. The topological polar surface area (TPSA) is 126 Å². The highest BCUT2D eigenvalue weighted by Gasteiger charge is 2.56. The van der Waals surface area contributed by atoms with Crippen molar-refractivity contribution in [3.8, 4) is 0 Å². The Hall–Kier alpha value is -3.70. The number of esters is 3. The molecule has 5 atom stereocenters. The maximum atomic E-state index is 13.5. The van der Waals surface area contributed by atoms with Crippen LogP contribution in [0.3, 0.4) is 0 Å². The van der Waals surface area contributed by atoms with E-state index in [1.54, 1.807) is 12.1 Å². The zero-order valence-electron chi connectivity index (χ0n) is 20.3. The van der Waals surface area contributed by atoms with Crippen LogP contribution in [-0.2, 0) is 33.3 Å². The van der Waals surface area contributed by atoms with Gasteiger partial charge in [0.25, 0.3) is 11.8 Å². The normalized spacial score (nSPS) is 24.8. The van der Waals surface area contributed by atoms with Crippen molar-refractivity contribution in [2.45, 2.75) is 55.5 Å². The lowest BCUT2D eigenvalue weighted by molar-refractivity contribution is -0.216. The molecule has 2 unspecified atom stereocenters. The number of ether oxygens (including phenoxy) is 4. The van der Waals surface area contributed by atoms with Crippen LogP contribution in [0.25, 0.3) is 0 Å². The Kier molecular flexibility index (Phi) is 7.94. The second-order valence-corrected chi connectivity index (χ2v) is 9.61. The zero-order valence-corrected chi connectivity index (χ0v) is 21.1. The molecule has 1 saturated heterocycles. The van der Waals surface area contributed by atoms with Gasteiger partial charge in [-0.2, -0.15) is 0 Å². The lowest BCUT2D eigenvalue weighted by Gasteiger charge is -2.47. The number of fused-ring (bicyclic) bond motifs is 1. The number of benzene rings is 2. The lowest BCUT2D eigenvalue weighted by Crippen LogP contribution is -2.66. The fourth-order valence-electron chi connectivity index (χ4n) is 4.37. The van der Waals surface area contributed by atoms with Gasteiger partial charge in [0.1, 0.15) is 24.2 Å². The first-order valence-corrected chi connectivity index (χ1v) is 12.4. The van der Waals surface area contributed by atoms with Crippen LogP contribution in [0, 0.1) is 0 Å². The summed E-state index contributed by atoms with van der Waals surface area (Å²) in [6.07, 6.45) is -3.63. The maximum absolute atomic E-state index is 13.5. The summed E-state index contributed by atoms with van der Waals surface area (Å²) in [4.78, 5) is 64.6. The summed E-state index contributed by atoms with van der Waals surface area (Å²) in [7, 11) is 0. The first-order valence-electron chi connectivity index (χ1n) is 11.5. The Bertz CT molecular complexity index is 1180. The van der Waals surface area contributed by atoms with Gasteiger partial charge < -0.3 is 18.9 Å². The van der Waals surface area contributed by atoms with Crippen LogP contribution in [0.15, 0.2) is 59.5 Å². The minimum atomic E-state index is -1.31. The van der Waals surface area contributed by atoms with E-state index in [1.807, 2.05) is 30.3 Å². The van der Waals surface area contributed by atoms with Crippen LogP contribution in [0.1, 0.15) is 41.5 Å². The summed E-state index contributed by atoms with van der Waals surface area (Å²) in [5, 5.41) is 0. The molecular formula is C26H25NO9S. The first-order chi connectivity index (χ1) is 17.7. The highest BCUT2D eigenvalue weighted by Crippen LogP contribution is 2.40. The van der Waals surface area contributed by atoms with E-state index in [2.05, 4.69) is 0 Å². The molecule has 0 aromatic heterocycles. The van der Waals surface area contributed by atoms with Gasteiger partial charge in [0.15, 0.2) is 12.2 Å². The number of carbonyl (C=O) groups excluding carboxylic acids is 5. The van der Waals surface area contributed by atoms with Gasteiger partial charge in [0.05, 0.1) is 11.1 Å². The molecular weight excluding hydrogens is 502 g/mol. The Morgan fingerprint density at radius 3 is 1.89 bits per heavy atom. The molecule has 2 heterocycles. The number of thioether (sulfide) groups is 1. The SMILES string of the molecule is CC(=O)OCC1O[C@@H](Sc2ccccc2)C(N2C(=O)c3ccccc3C2=O)[C@@H](OC(C)=O)[C@@H]1OC(C)=O. The van der Waals surface area contributed by atoms with Crippen molar-refractivity contribution in [2.24, 2.45) is 0 Å². The first kappa shape index (κ1) is 26.4.